The number of hydrazone groups is 1. The SMILES string of the molecule is CCOc1ccc(/C=N\NC(=O)c2sc3cc(OC)ccc3c2Cl)c(OCC)c1. The zero-order valence-corrected chi connectivity index (χ0v) is 17.9. The summed E-state index contributed by atoms with van der Waals surface area (Å²) in [6.45, 7) is 4.88. The van der Waals surface area contributed by atoms with Crippen LogP contribution >= 0.6 is 22.9 Å². The number of thiophene rings is 1. The van der Waals surface area contributed by atoms with Gasteiger partial charge in [0, 0.05) is 21.7 Å². The highest BCUT2D eigenvalue weighted by Gasteiger charge is 2.17. The molecule has 0 saturated heterocycles. The standard InChI is InChI=1S/C21H21ClN2O4S/c1-4-27-15-7-6-13(17(10-15)28-5-2)12-23-24-21(25)20-19(22)16-9-8-14(26-3)11-18(16)29-20/h6-12H,4-5H2,1-3H3,(H,24,25)/b23-12-. The molecular formula is C21H21ClN2O4S. The number of hydrogen-bond donors (Lipinski definition) is 1. The fourth-order valence-electron chi connectivity index (χ4n) is 2.69. The molecule has 0 radical (unpaired) electrons. The fourth-order valence-corrected chi connectivity index (χ4v) is 4.12. The third kappa shape index (κ3) is 4.81. The fraction of sp³-hybridized carbons (Fsp3) is 0.238. The molecule has 1 amide bonds. The summed E-state index contributed by atoms with van der Waals surface area (Å²) in [5.74, 6) is 1.67. The molecule has 0 fully saturated rings. The van der Waals surface area contributed by atoms with Crippen molar-refractivity contribution >= 4 is 45.1 Å². The molecule has 3 rings (SSSR count). The van der Waals surface area contributed by atoms with E-state index in [0.717, 1.165) is 15.6 Å². The number of nitrogens with zero attached hydrogens (tertiary/aromatic N) is 1. The van der Waals surface area contributed by atoms with E-state index < -0.39 is 0 Å². The number of methoxy groups -OCH3 is 1. The predicted octanol–water partition coefficient (Wildman–Crippen LogP) is 5.12. The number of amides is 1. The number of nitrogens with one attached hydrogen (secondary N) is 1. The third-order valence-corrected chi connectivity index (χ3v) is 5.66. The number of halogens is 1. The van der Waals surface area contributed by atoms with Crippen LogP contribution in [0.4, 0.5) is 0 Å². The van der Waals surface area contributed by atoms with E-state index in [1.165, 1.54) is 17.6 Å². The quantitative estimate of drug-likeness (QED) is 0.396. The predicted molar refractivity (Wildman–Crippen MR) is 117 cm³/mol. The highest BCUT2D eigenvalue weighted by molar-refractivity contribution is 7.21. The molecule has 0 saturated carbocycles. The molecule has 0 unspecified atom stereocenters. The number of ether oxygens (including phenoxy) is 3. The number of fused-ring (bicyclic) bond motifs is 1. The molecule has 1 heterocycles. The number of carbonyl (C=O) groups is 1. The second kappa shape index (κ2) is 9.62. The average Bonchev–Trinajstić information content (AvgIpc) is 3.06. The summed E-state index contributed by atoms with van der Waals surface area (Å²) in [5.41, 5.74) is 3.25. The van der Waals surface area contributed by atoms with Crippen molar-refractivity contribution < 1.29 is 19.0 Å². The Morgan fingerprint density at radius 1 is 1.14 bits per heavy atom. The zero-order valence-electron chi connectivity index (χ0n) is 16.3. The lowest BCUT2D eigenvalue weighted by molar-refractivity contribution is 0.0959. The van der Waals surface area contributed by atoms with Crippen LogP contribution in [0.5, 0.6) is 17.2 Å². The molecule has 29 heavy (non-hydrogen) atoms. The van der Waals surface area contributed by atoms with Gasteiger partial charge in [0.15, 0.2) is 0 Å². The van der Waals surface area contributed by atoms with E-state index in [1.54, 1.807) is 13.2 Å². The normalized spacial score (nSPS) is 11.0. The molecule has 6 nitrogen and oxygen atoms in total. The lowest BCUT2D eigenvalue weighted by atomic mass is 10.2. The summed E-state index contributed by atoms with van der Waals surface area (Å²) in [5, 5.41) is 5.26. The van der Waals surface area contributed by atoms with Gasteiger partial charge >= 0.3 is 0 Å². The minimum absolute atomic E-state index is 0.379. The monoisotopic (exact) mass is 432 g/mol. The van der Waals surface area contributed by atoms with Crippen LogP contribution in [0.2, 0.25) is 5.02 Å². The van der Waals surface area contributed by atoms with Crippen LogP contribution in [0.25, 0.3) is 10.1 Å². The summed E-state index contributed by atoms with van der Waals surface area (Å²) in [6, 6.07) is 10.9. The Hall–Kier alpha value is -2.77. The smallest absolute Gasteiger partial charge is 0.283 e. The Morgan fingerprint density at radius 2 is 1.90 bits per heavy atom. The van der Waals surface area contributed by atoms with E-state index in [1.807, 2.05) is 44.2 Å². The first kappa shape index (κ1) is 21.0. The van der Waals surface area contributed by atoms with Gasteiger partial charge in [0.1, 0.15) is 22.1 Å². The Morgan fingerprint density at radius 3 is 2.62 bits per heavy atom. The first-order valence-corrected chi connectivity index (χ1v) is 10.3. The maximum Gasteiger partial charge on any atom is 0.283 e. The Balaban J connectivity index is 1.77. The molecule has 3 aromatic rings. The van der Waals surface area contributed by atoms with Crippen molar-refractivity contribution in [3.05, 3.63) is 51.9 Å². The lowest BCUT2D eigenvalue weighted by Gasteiger charge is -2.09. The van der Waals surface area contributed by atoms with Crippen LogP contribution in [-0.2, 0) is 0 Å². The van der Waals surface area contributed by atoms with Gasteiger partial charge in [-0.3, -0.25) is 4.79 Å². The van der Waals surface area contributed by atoms with Crippen molar-refractivity contribution in [2.75, 3.05) is 20.3 Å². The van der Waals surface area contributed by atoms with E-state index in [-0.39, 0.29) is 5.91 Å². The van der Waals surface area contributed by atoms with E-state index in [2.05, 4.69) is 10.5 Å². The summed E-state index contributed by atoms with van der Waals surface area (Å²) in [6.07, 6.45) is 1.53. The maximum absolute atomic E-state index is 12.5. The molecule has 1 N–H and O–H groups in total. The van der Waals surface area contributed by atoms with Crippen molar-refractivity contribution in [1.29, 1.82) is 0 Å². The second-order valence-electron chi connectivity index (χ2n) is 5.87. The van der Waals surface area contributed by atoms with Gasteiger partial charge in [0.25, 0.3) is 5.91 Å². The summed E-state index contributed by atoms with van der Waals surface area (Å²) < 4.78 is 17.2. The summed E-state index contributed by atoms with van der Waals surface area (Å²) in [4.78, 5) is 12.9. The van der Waals surface area contributed by atoms with Crippen molar-refractivity contribution in [2.24, 2.45) is 5.10 Å². The molecule has 0 aliphatic heterocycles. The van der Waals surface area contributed by atoms with Gasteiger partial charge in [-0.05, 0) is 44.2 Å². The van der Waals surface area contributed by atoms with Crippen LogP contribution in [0.15, 0.2) is 41.5 Å². The highest BCUT2D eigenvalue weighted by Crippen LogP contribution is 2.37. The van der Waals surface area contributed by atoms with E-state index in [0.29, 0.717) is 40.4 Å². The average molecular weight is 433 g/mol. The molecule has 152 valence electrons. The van der Waals surface area contributed by atoms with Gasteiger partial charge < -0.3 is 14.2 Å². The Labute approximate surface area is 178 Å². The summed E-state index contributed by atoms with van der Waals surface area (Å²) >= 11 is 7.67. The molecule has 0 bridgehead atoms. The number of benzene rings is 2. The molecule has 0 aliphatic carbocycles. The molecule has 0 aliphatic rings. The van der Waals surface area contributed by atoms with Crippen LogP contribution in [0, 0.1) is 0 Å². The number of rotatable bonds is 8. The van der Waals surface area contributed by atoms with Gasteiger partial charge in [-0.2, -0.15) is 5.10 Å². The molecule has 0 atom stereocenters. The van der Waals surface area contributed by atoms with E-state index in [9.17, 15) is 4.79 Å². The first-order valence-electron chi connectivity index (χ1n) is 9.06. The van der Waals surface area contributed by atoms with Crippen LogP contribution in [0.1, 0.15) is 29.1 Å². The van der Waals surface area contributed by atoms with E-state index >= 15 is 0 Å². The summed E-state index contributed by atoms with van der Waals surface area (Å²) in [7, 11) is 1.59. The number of hydrogen-bond acceptors (Lipinski definition) is 6. The zero-order chi connectivity index (χ0) is 20.8. The first-order chi connectivity index (χ1) is 14.1. The van der Waals surface area contributed by atoms with Gasteiger partial charge in [-0.1, -0.05) is 11.6 Å². The van der Waals surface area contributed by atoms with Gasteiger partial charge in [0.05, 0.1) is 31.6 Å². The molecular weight excluding hydrogens is 412 g/mol. The molecule has 0 spiro atoms. The van der Waals surface area contributed by atoms with Gasteiger partial charge in [-0.15, -0.1) is 11.3 Å². The van der Waals surface area contributed by atoms with Crippen molar-refractivity contribution in [3.8, 4) is 17.2 Å². The van der Waals surface area contributed by atoms with Gasteiger partial charge in [-0.25, -0.2) is 5.43 Å². The van der Waals surface area contributed by atoms with Crippen LogP contribution in [-0.4, -0.2) is 32.4 Å². The van der Waals surface area contributed by atoms with Gasteiger partial charge in [0.2, 0.25) is 0 Å². The molecule has 1 aromatic heterocycles. The van der Waals surface area contributed by atoms with E-state index in [4.69, 9.17) is 25.8 Å². The van der Waals surface area contributed by atoms with Crippen molar-refractivity contribution in [1.82, 2.24) is 5.43 Å². The van der Waals surface area contributed by atoms with Crippen LogP contribution in [0.3, 0.4) is 0 Å². The largest absolute Gasteiger partial charge is 0.497 e. The third-order valence-electron chi connectivity index (χ3n) is 4.01. The minimum atomic E-state index is -0.379. The number of carbonyl (C=O) groups excluding carboxylic acids is 1. The Kier molecular flexibility index (Phi) is 6.95. The lowest BCUT2D eigenvalue weighted by Crippen LogP contribution is -2.16. The molecule has 8 heteroatoms. The van der Waals surface area contributed by atoms with Crippen molar-refractivity contribution in [3.63, 3.8) is 0 Å². The Bertz CT molecular complexity index is 1050. The van der Waals surface area contributed by atoms with Crippen molar-refractivity contribution in [2.45, 2.75) is 13.8 Å². The topological polar surface area (TPSA) is 69.2 Å². The highest BCUT2D eigenvalue weighted by atomic mass is 35.5. The molecule has 2 aromatic carbocycles. The maximum atomic E-state index is 12.5. The van der Waals surface area contributed by atoms with Crippen LogP contribution < -0.4 is 19.6 Å². The second-order valence-corrected chi connectivity index (χ2v) is 7.30. The minimum Gasteiger partial charge on any atom is -0.497 e.